The van der Waals surface area contributed by atoms with Crippen LogP contribution in [-0.4, -0.2) is 53.4 Å². The van der Waals surface area contributed by atoms with Crippen molar-refractivity contribution in [2.75, 3.05) is 0 Å². The van der Waals surface area contributed by atoms with E-state index in [9.17, 15) is 59.6 Å². The molecule has 2 heterocycles. The molecule has 0 saturated heterocycles. The lowest BCUT2D eigenvalue weighted by Gasteiger charge is -2.14. The Morgan fingerprint density at radius 3 is 0.979 bits per heavy atom. The van der Waals surface area contributed by atoms with Crippen LogP contribution in [0.1, 0.15) is 41.4 Å². The lowest BCUT2D eigenvalue weighted by molar-refractivity contribution is -0.395. The number of hydroxylamine groups is 4. The monoisotopic (exact) mass is 658 g/mol. The van der Waals surface area contributed by atoms with Gasteiger partial charge >= 0.3 is 11.4 Å². The minimum atomic E-state index is -0.902. The molecule has 20 heteroatoms. The van der Waals surface area contributed by atoms with E-state index in [4.69, 9.17) is 9.68 Å². The third kappa shape index (κ3) is 5.77. The Balaban J connectivity index is 0.000000188. The second-order valence-electron chi connectivity index (χ2n) is 9.42. The van der Waals surface area contributed by atoms with E-state index in [0.29, 0.717) is 22.3 Å². The SMILES string of the molecule is O=C1c2ccccc2C(=O)N1Oc1ccc([N+](=O)[O-])cc1[N+](=O)[O-].O=C1c2ccccc2C(=O)N1Oc1ccc([N+](=O)[O-])cc1[N+](=O)[O-]. The fourth-order valence-electron chi connectivity index (χ4n) is 4.38. The molecule has 20 nitrogen and oxygen atoms in total. The van der Waals surface area contributed by atoms with Crippen molar-refractivity contribution in [3.63, 3.8) is 0 Å². The van der Waals surface area contributed by atoms with Gasteiger partial charge in [-0.2, -0.15) is 0 Å². The lowest BCUT2D eigenvalue weighted by atomic mass is 10.1. The maximum absolute atomic E-state index is 12.2. The van der Waals surface area contributed by atoms with Crippen molar-refractivity contribution >= 4 is 46.4 Å². The minimum absolute atomic E-state index is 0.104. The first-order chi connectivity index (χ1) is 22.8. The number of rotatable bonds is 8. The number of hydrogen-bond donors (Lipinski definition) is 0. The highest BCUT2D eigenvalue weighted by Gasteiger charge is 2.40. The molecule has 6 rings (SSSR count). The van der Waals surface area contributed by atoms with Crippen LogP contribution in [0.4, 0.5) is 22.7 Å². The zero-order valence-electron chi connectivity index (χ0n) is 23.5. The number of nitrogens with zero attached hydrogens (tertiary/aromatic N) is 6. The summed E-state index contributed by atoms with van der Waals surface area (Å²) in [5, 5.41) is 44.3. The van der Waals surface area contributed by atoms with E-state index < -0.39 is 77.6 Å². The quantitative estimate of drug-likeness (QED) is 0.146. The van der Waals surface area contributed by atoms with E-state index in [1.807, 2.05) is 0 Å². The van der Waals surface area contributed by atoms with Gasteiger partial charge in [-0.3, -0.25) is 59.6 Å². The maximum atomic E-state index is 12.2. The molecule has 0 atom stereocenters. The topological polar surface area (TPSA) is 266 Å². The highest BCUT2D eigenvalue weighted by atomic mass is 16.7. The third-order valence-corrected chi connectivity index (χ3v) is 6.59. The summed E-state index contributed by atoms with van der Waals surface area (Å²) >= 11 is 0. The van der Waals surface area contributed by atoms with E-state index >= 15 is 0 Å². The summed E-state index contributed by atoms with van der Waals surface area (Å²) in [5.74, 6) is -4.02. The lowest BCUT2D eigenvalue weighted by Crippen LogP contribution is -2.33. The summed E-state index contributed by atoms with van der Waals surface area (Å²) in [6.45, 7) is 0. The van der Waals surface area contributed by atoms with E-state index in [1.54, 1.807) is 24.3 Å². The van der Waals surface area contributed by atoms with Crippen LogP contribution in [0, 0.1) is 40.5 Å². The van der Waals surface area contributed by atoms with Gasteiger partial charge in [-0.25, -0.2) is 0 Å². The summed E-state index contributed by atoms with van der Waals surface area (Å²) in [6, 6.07) is 17.1. The first kappa shape index (κ1) is 31.8. The number of hydrogen-bond acceptors (Lipinski definition) is 14. The highest BCUT2D eigenvalue weighted by Crippen LogP contribution is 2.35. The van der Waals surface area contributed by atoms with Gasteiger partial charge in [0.2, 0.25) is 11.5 Å². The van der Waals surface area contributed by atoms with Crippen LogP contribution in [0.5, 0.6) is 11.5 Å². The Bertz CT molecular complexity index is 1900. The van der Waals surface area contributed by atoms with Gasteiger partial charge in [0, 0.05) is 12.1 Å². The van der Waals surface area contributed by atoms with Crippen LogP contribution in [0.2, 0.25) is 0 Å². The van der Waals surface area contributed by atoms with Gasteiger partial charge in [-0.1, -0.05) is 34.4 Å². The molecule has 0 aromatic heterocycles. The molecular formula is C28H14N6O14. The molecule has 0 aliphatic carbocycles. The molecule has 0 N–H and O–H groups in total. The van der Waals surface area contributed by atoms with Crippen LogP contribution >= 0.6 is 0 Å². The van der Waals surface area contributed by atoms with Crippen molar-refractivity contribution in [1.82, 2.24) is 10.1 Å². The smallest absolute Gasteiger partial charge is 0.321 e. The van der Waals surface area contributed by atoms with Gasteiger partial charge < -0.3 is 9.68 Å². The molecular weight excluding hydrogens is 644 g/mol. The molecule has 2 aliphatic heterocycles. The van der Waals surface area contributed by atoms with E-state index in [-0.39, 0.29) is 22.3 Å². The van der Waals surface area contributed by atoms with Gasteiger partial charge in [0.1, 0.15) is 0 Å². The normalized spacial score (nSPS) is 12.9. The molecule has 240 valence electrons. The molecule has 4 aromatic carbocycles. The van der Waals surface area contributed by atoms with Crippen molar-refractivity contribution in [3.05, 3.63) is 148 Å². The summed E-state index contributed by atoms with van der Waals surface area (Å²) in [6.07, 6.45) is 0. The number of non-ortho nitro benzene ring substituents is 2. The summed E-state index contributed by atoms with van der Waals surface area (Å²) in [4.78, 5) is 99.0. The van der Waals surface area contributed by atoms with Crippen molar-refractivity contribution in [2.24, 2.45) is 0 Å². The average molecular weight is 658 g/mol. The fraction of sp³-hybridized carbons (Fsp3) is 0. The van der Waals surface area contributed by atoms with Crippen LogP contribution in [0.15, 0.2) is 84.9 Å². The third-order valence-electron chi connectivity index (χ3n) is 6.59. The molecule has 0 radical (unpaired) electrons. The standard InChI is InChI=1S/2C14H7N3O7/c2*18-13-9-3-1-2-4-10(9)14(19)15(13)24-12-6-5-8(16(20)21)7-11(12)17(22)23/h2*1-7H. The zero-order chi connectivity index (χ0) is 34.9. The molecule has 48 heavy (non-hydrogen) atoms. The number of carbonyl (C=O) groups is 4. The van der Waals surface area contributed by atoms with Crippen LogP contribution in [0.3, 0.4) is 0 Å². The average Bonchev–Trinajstić information content (AvgIpc) is 3.45. The molecule has 0 bridgehead atoms. The highest BCUT2D eigenvalue weighted by molar-refractivity contribution is 6.21. The van der Waals surface area contributed by atoms with E-state index in [0.717, 1.165) is 24.3 Å². The van der Waals surface area contributed by atoms with Crippen molar-refractivity contribution in [2.45, 2.75) is 0 Å². The minimum Gasteiger partial charge on any atom is -0.361 e. The number of benzene rings is 4. The van der Waals surface area contributed by atoms with Crippen LogP contribution < -0.4 is 9.68 Å². The Kier molecular flexibility index (Phi) is 8.20. The molecule has 0 unspecified atom stereocenters. The second-order valence-corrected chi connectivity index (χ2v) is 9.42. The fourth-order valence-corrected chi connectivity index (χ4v) is 4.38. The van der Waals surface area contributed by atoms with E-state index in [1.165, 1.54) is 24.3 Å². The number of nitro groups is 4. The first-order valence-corrected chi connectivity index (χ1v) is 13.0. The van der Waals surface area contributed by atoms with Gasteiger partial charge in [0.15, 0.2) is 0 Å². The Morgan fingerprint density at radius 2 is 0.729 bits per heavy atom. The predicted molar refractivity (Wildman–Crippen MR) is 155 cm³/mol. The van der Waals surface area contributed by atoms with Gasteiger partial charge in [-0.15, -0.1) is 0 Å². The van der Waals surface area contributed by atoms with Crippen LogP contribution in [0.25, 0.3) is 0 Å². The first-order valence-electron chi connectivity index (χ1n) is 13.0. The van der Waals surface area contributed by atoms with Gasteiger partial charge in [-0.05, 0) is 36.4 Å². The van der Waals surface area contributed by atoms with E-state index in [2.05, 4.69) is 0 Å². The van der Waals surface area contributed by atoms with Crippen molar-refractivity contribution in [3.8, 4) is 11.5 Å². The van der Waals surface area contributed by atoms with Crippen molar-refractivity contribution in [1.29, 1.82) is 0 Å². The predicted octanol–water partition coefficient (Wildman–Crippen LogP) is 4.19. The molecule has 4 aromatic rings. The Morgan fingerprint density at radius 1 is 0.438 bits per heavy atom. The Hall–Kier alpha value is -7.64. The van der Waals surface area contributed by atoms with Gasteiger partial charge in [0.25, 0.3) is 35.0 Å². The summed E-state index contributed by atoms with van der Waals surface area (Å²) < 4.78 is 0. The van der Waals surface area contributed by atoms with Crippen molar-refractivity contribution < 1.29 is 48.5 Å². The number of nitro benzene ring substituents is 4. The maximum Gasteiger partial charge on any atom is 0.321 e. The molecule has 0 fully saturated rings. The largest absolute Gasteiger partial charge is 0.361 e. The second kappa shape index (κ2) is 12.4. The number of carbonyl (C=O) groups excluding carboxylic acids is 4. The van der Waals surface area contributed by atoms with Crippen LogP contribution in [-0.2, 0) is 0 Å². The summed E-state index contributed by atoms with van der Waals surface area (Å²) in [5.41, 5.74) is -2.09. The summed E-state index contributed by atoms with van der Waals surface area (Å²) in [7, 11) is 0. The molecule has 4 amide bonds. The number of imide groups is 2. The molecule has 0 saturated carbocycles. The van der Waals surface area contributed by atoms with Gasteiger partial charge in [0.05, 0.1) is 54.1 Å². The molecule has 2 aliphatic rings. The number of fused-ring (bicyclic) bond motifs is 2. The molecule has 0 spiro atoms. The number of amides is 4. The Labute approximate surface area is 264 Å². The zero-order valence-corrected chi connectivity index (χ0v) is 23.5.